The van der Waals surface area contributed by atoms with Gasteiger partial charge in [-0.05, 0) is 74.2 Å². The van der Waals surface area contributed by atoms with Crippen molar-refractivity contribution in [2.24, 2.45) is 5.41 Å². The highest BCUT2D eigenvalue weighted by atomic mass is 19.3. The van der Waals surface area contributed by atoms with Gasteiger partial charge in [0.15, 0.2) is 0 Å². The monoisotopic (exact) mass is 540 g/mol. The largest absolute Gasteiger partial charge is 0.496 e. The predicted molar refractivity (Wildman–Crippen MR) is 150 cm³/mol. The number of nitrogens with one attached hydrogen (secondary N) is 2. The number of likely N-dealkylation sites (tertiary alicyclic amines) is 1. The number of nitrogens with zero attached hydrogens (tertiary/aromatic N) is 2. The molecule has 0 amide bonds. The van der Waals surface area contributed by atoms with E-state index in [4.69, 9.17) is 15.1 Å². The first-order valence-electron chi connectivity index (χ1n) is 13.3. The van der Waals surface area contributed by atoms with Crippen molar-refractivity contribution in [3.05, 3.63) is 59.3 Å². The number of aromatic amines is 1. The van der Waals surface area contributed by atoms with E-state index in [1.165, 1.54) is 28.6 Å². The molecule has 5 rings (SSSR count). The lowest BCUT2D eigenvalue weighted by Crippen LogP contribution is -2.52. The van der Waals surface area contributed by atoms with Crippen LogP contribution in [0.4, 0.5) is 14.5 Å². The molecule has 2 aromatic carbocycles. The van der Waals surface area contributed by atoms with Gasteiger partial charge < -0.3 is 20.1 Å². The van der Waals surface area contributed by atoms with Gasteiger partial charge in [-0.3, -0.25) is 4.90 Å². The molecule has 2 fully saturated rings. The molecule has 1 spiro atoms. The molecule has 0 unspecified atom stereocenters. The summed E-state index contributed by atoms with van der Waals surface area (Å²) in [6.45, 7) is 8.83. The number of methoxy groups -OCH3 is 1. The van der Waals surface area contributed by atoms with Gasteiger partial charge in [-0.1, -0.05) is 19.9 Å². The van der Waals surface area contributed by atoms with Crippen molar-refractivity contribution in [2.45, 2.75) is 58.9 Å². The minimum Gasteiger partial charge on any atom is -0.496 e. The number of nitriles is 1. The molecular formula is C30H38F2N4O3. The number of benzene rings is 2. The smallest absolute Gasteiger partial charge is 0.335 e. The number of hydrogen-bond donors (Lipinski definition) is 3. The van der Waals surface area contributed by atoms with Gasteiger partial charge in [-0.25, -0.2) is 13.6 Å². The molecule has 1 aromatic heterocycles. The fourth-order valence-corrected chi connectivity index (χ4v) is 5.49. The van der Waals surface area contributed by atoms with Gasteiger partial charge in [0.05, 0.1) is 18.7 Å². The number of aryl methyl sites for hydroxylation is 1. The predicted octanol–water partition coefficient (Wildman–Crippen LogP) is 6.84. The van der Waals surface area contributed by atoms with E-state index in [1.807, 2.05) is 26.1 Å². The highest BCUT2D eigenvalue weighted by Crippen LogP contribution is 2.57. The molecule has 1 aliphatic heterocycles. The maximum Gasteiger partial charge on any atom is 0.335 e. The molecule has 0 atom stereocenters. The fourth-order valence-electron chi connectivity index (χ4n) is 5.49. The molecule has 7 nitrogen and oxygen atoms in total. The Morgan fingerprint density at radius 3 is 2.49 bits per heavy atom. The zero-order chi connectivity index (χ0) is 28.6. The maximum absolute atomic E-state index is 13.3. The molecule has 39 heavy (non-hydrogen) atoms. The van der Waals surface area contributed by atoms with E-state index in [9.17, 15) is 13.6 Å². The molecule has 1 saturated carbocycles. The summed E-state index contributed by atoms with van der Waals surface area (Å²) in [7, 11) is 1.71. The van der Waals surface area contributed by atoms with Crippen LogP contribution in [0.2, 0.25) is 0 Å². The summed E-state index contributed by atoms with van der Waals surface area (Å²) in [4.78, 5) is 16.2. The molecule has 210 valence electrons. The summed E-state index contributed by atoms with van der Waals surface area (Å²) >= 11 is 0. The summed E-state index contributed by atoms with van der Waals surface area (Å²) in [5.74, 6) is -2.48. The highest BCUT2D eigenvalue weighted by Gasteiger charge is 2.56. The number of H-pyrrole nitrogens is 1. The van der Waals surface area contributed by atoms with Crippen molar-refractivity contribution >= 4 is 22.6 Å². The zero-order valence-electron chi connectivity index (χ0n) is 23.1. The van der Waals surface area contributed by atoms with Crippen molar-refractivity contribution in [1.82, 2.24) is 9.88 Å². The molecule has 1 aliphatic carbocycles. The van der Waals surface area contributed by atoms with Crippen LogP contribution in [0.25, 0.3) is 10.9 Å². The molecule has 2 aliphatic rings. The number of piperidine rings is 1. The first-order chi connectivity index (χ1) is 18.6. The number of fused-ring (bicyclic) bond motifs is 1. The highest BCUT2D eigenvalue weighted by molar-refractivity contribution is 5.89. The van der Waals surface area contributed by atoms with Gasteiger partial charge in [-0.15, -0.1) is 0 Å². The normalized spacial score (nSPS) is 17.1. The zero-order valence-corrected chi connectivity index (χ0v) is 23.1. The topological polar surface area (TPSA) is 101 Å². The van der Waals surface area contributed by atoms with Gasteiger partial charge in [0.2, 0.25) is 5.92 Å². The Kier molecular flexibility index (Phi) is 9.92. The third-order valence-corrected chi connectivity index (χ3v) is 7.38. The SMILES string of the molecule is CC.COc1cc(C)c2[nH]ccc2c1CN1CCC2(CC1)CC(F)(F)C2.N#CCNc1cccc(C(=O)O)c1. The van der Waals surface area contributed by atoms with Gasteiger partial charge in [0.1, 0.15) is 12.3 Å². The molecule has 0 bridgehead atoms. The Morgan fingerprint density at radius 1 is 1.21 bits per heavy atom. The first-order valence-corrected chi connectivity index (χ1v) is 13.3. The van der Waals surface area contributed by atoms with Crippen molar-refractivity contribution in [3.63, 3.8) is 0 Å². The van der Waals surface area contributed by atoms with Crippen LogP contribution in [0.5, 0.6) is 5.75 Å². The Hall–Kier alpha value is -3.64. The lowest BCUT2D eigenvalue weighted by atomic mass is 9.61. The molecule has 3 N–H and O–H groups in total. The molecule has 3 aromatic rings. The Morgan fingerprint density at radius 2 is 1.90 bits per heavy atom. The number of carboxylic acid groups (broad SMARTS) is 1. The number of carboxylic acids is 1. The molecule has 9 heteroatoms. The molecule has 1 saturated heterocycles. The number of ether oxygens (including phenoxy) is 1. The first kappa shape index (κ1) is 29.9. The van der Waals surface area contributed by atoms with Crippen LogP contribution in [0.1, 0.15) is 61.0 Å². The third-order valence-electron chi connectivity index (χ3n) is 7.38. The number of aromatic nitrogens is 1. The number of hydrogen-bond acceptors (Lipinski definition) is 5. The van der Waals surface area contributed by atoms with E-state index in [2.05, 4.69) is 34.3 Å². The van der Waals surface area contributed by atoms with Crippen LogP contribution >= 0.6 is 0 Å². The van der Waals surface area contributed by atoms with Gasteiger partial charge in [0.25, 0.3) is 0 Å². The summed E-state index contributed by atoms with van der Waals surface area (Å²) in [6, 6.07) is 12.4. The minimum absolute atomic E-state index is 0.0871. The molecule has 0 radical (unpaired) electrons. The summed E-state index contributed by atoms with van der Waals surface area (Å²) in [6.07, 6.45) is 3.90. The fraction of sp³-hybridized carbons (Fsp3) is 0.467. The maximum atomic E-state index is 13.3. The number of anilines is 1. The van der Waals surface area contributed by atoms with E-state index in [1.54, 1.807) is 19.2 Å². The lowest BCUT2D eigenvalue weighted by molar-refractivity contribution is -0.178. The lowest BCUT2D eigenvalue weighted by Gasteiger charge is -2.51. The van der Waals surface area contributed by atoms with Crippen molar-refractivity contribution < 1.29 is 23.4 Å². The van der Waals surface area contributed by atoms with Gasteiger partial charge >= 0.3 is 5.97 Å². The molecular weight excluding hydrogens is 502 g/mol. The average Bonchev–Trinajstić information content (AvgIpc) is 3.42. The van der Waals surface area contributed by atoms with Crippen LogP contribution in [0.15, 0.2) is 42.6 Å². The number of rotatable bonds is 6. The Labute approximate surface area is 228 Å². The van der Waals surface area contributed by atoms with Crippen LogP contribution in [0, 0.1) is 23.7 Å². The van der Waals surface area contributed by atoms with E-state index in [0.717, 1.165) is 43.7 Å². The van der Waals surface area contributed by atoms with Crippen molar-refractivity contribution in [3.8, 4) is 11.8 Å². The van der Waals surface area contributed by atoms with Crippen LogP contribution in [-0.2, 0) is 6.54 Å². The van der Waals surface area contributed by atoms with Crippen LogP contribution < -0.4 is 10.1 Å². The number of carbonyl (C=O) groups is 1. The van der Waals surface area contributed by atoms with Crippen molar-refractivity contribution in [1.29, 1.82) is 5.26 Å². The van der Waals surface area contributed by atoms with Crippen LogP contribution in [0.3, 0.4) is 0 Å². The summed E-state index contributed by atoms with van der Waals surface area (Å²) in [5, 5.41) is 20.9. The Bertz CT molecular complexity index is 1300. The van der Waals surface area contributed by atoms with E-state index >= 15 is 0 Å². The number of halogens is 2. The average molecular weight is 541 g/mol. The second kappa shape index (κ2) is 12.9. The van der Waals surface area contributed by atoms with Crippen LogP contribution in [-0.4, -0.2) is 53.6 Å². The standard InChI is InChI=1S/C19H24F2N2O.C9H8N2O2.C2H6/c1-13-9-16(24-2)15(14-3-6-22-17(13)14)10-23-7-4-18(5-8-23)11-19(20,21)12-18;10-4-5-11-8-3-1-2-7(6-8)9(12)13;1-2/h3,6,9,22H,4-5,7-8,10-12H2,1-2H3;1-3,6,11H,5H2,(H,12,13);1-2H3. The Balaban J connectivity index is 0.000000239. The quantitative estimate of drug-likeness (QED) is 0.296. The third kappa shape index (κ3) is 7.27. The van der Waals surface area contributed by atoms with E-state index < -0.39 is 11.9 Å². The molecule has 2 heterocycles. The number of alkyl halides is 2. The van der Waals surface area contributed by atoms with Gasteiger partial charge in [-0.2, -0.15) is 5.26 Å². The number of aromatic carboxylic acids is 1. The van der Waals surface area contributed by atoms with E-state index in [-0.39, 0.29) is 30.4 Å². The second-order valence-electron chi connectivity index (χ2n) is 10.0. The second-order valence-corrected chi connectivity index (χ2v) is 10.0. The minimum atomic E-state index is -2.42. The summed E-state index contributed by atoms with van der Waals surface area (Å²) < 4.78 is 32.1. The van der Waals surface area contributed by atoms with Gasteiger partial charge in [0, 0.05) is 47.7 Å². The van der Waals surface area contributed by atoms with E-state index in [0.29, 0.717) is 5.69 Å². The van der Waals surface area contributed by atoms with Crippen molar-refractivity contribution in [2.75, 3.05) is 32.1 Å². The summed E-state index contributed by atoms with van der Waals surface area (Å²) in [5.41, 5.74) is 4.27.